The number of carbonyl (C=O) groups is 1. The summed E-state index contributed by atoms with van der Waals surface area (Å²) in [5, 5.41) is 10.3. The Bertz CT molecular complexity index is 851. The molecule has 1 N–H and O–H groups in total. The first-order chi connectivity index (χ1) is 13.0. The van der Waals surface area contributed by atoms with Crippen LogP contribution in [0.1, 0.15) is 41.3 Å². The lowest BCUT2D eigenvalue weighted by molar-refractivity contribution is -0.133. The Morgan fingerprint density at radius 3 is 2.59 bits per heavy atom. The largest absolute Gasteiger partial charge is 0.508 e. The van der Waals surface area contributed by atoms with Gasteiger partial charge in [0.1, 0.15) is 9.57 Å². The molecule has 1 amide bonds. The summed E-state index contributed by atoms with van der Waals surface area (Å²) in [4.78, 5) is 17.6. The highest BCUT2D eigenvalue weighted by Gasteiger charge is 2.21. The molecule has 1 aliphatic heterocycles. The topological polar surface area (TPSA) is 43.8 Å². The lowest BCUT2D eigenvalue weighted by Crippen LogP contribution is -2.48. The van der Waals surface area contributed by atoms with Crippen LogP contribution in [-0.2, 0) is 17.8 Å². The molecule has 2 aromatic rings. The van der Waals surface area contributed by atoms with E-state index in [1.54, 1.807) is 26.7 Å². The summed E-state index contributed by atoms with van der Waals surface area (Å²) in [6.45, 7) is 8.11. The number of aryl methyl sites for hydroxylation is 1. The Hall–Kier alpha value is -1.28. The lowest BCUT2D eigenvalue weighted by Gasteiger charge is -2.35. The molecule has 2 heterocycles. The minimum absolute atomic E-state index is 0.258. The van der Waals surface area contributed by atoms with Crippen LogP contribution in [0.2, 0.25) is 0 Å². The molecule has 1 aromatic carbocycles. The number of nitrogens with zero attached hydrogens (tertiary/aromatic N) is 2. The maximum Gasteiger partial charge on any atom is 0.222 e. The second kappa shape index (κ2) is 9.28. The fraction of sp³-hybridized carbons (Fsp3) is 0.500. The number of aromatic hydroxyl groups is 1. The van der Waals surface area contributed by atoms with E-state index >= 15 is 0 Å². The zero-order valence-electron chi connectivity index (χ0n) is 15.9. The molecular weight excluding hydrogens is 396 g/mol. The van der Waals surface area contributed by atoms with Crippen LogP contribution in [0.4, 0.5) is 0 Å². The standard InChI is InChI=1S/C20H26N2O2S3/c1-3-4-19(24)22-9-7-21(8-10-22)13-16-11-15(5-6-18(16)23)12-17-14(2)26-27-20(17)25/h5-6,11,23H,3-4,7-10,12-13H2,1-2H3. The molecule has 27 heavy (non-hydrogen) atoms. The number of rotatable bonds is 6. The van der Waals surface area contributed by atoms with E-state index in [2.05, 4.69) is 17.9 Å². The van der Waals surface area contributed by atoms with E-state index in [0.29, 0.717) is 18.7 Å². The van der Waals surface area contributed by atoms with Crippen LogP contribution in [0, 0.1) is 10.7 Å². The van der Waals surface area contributed by atoms with E-state index in [9.17, 15) is 9.90 Å². The lowest BCUT2D eigenvalue weighted by atomic mass is 10.0. The monoisotopic (exact) mass is 422 g/mol. The highest BCUT2D eigenvalue weighted by Crippen LogP contribution is 2.28. The quantitative estimate of drug-likeness (QED) is 0.546. The van der Waals surface area contributed by atoms with Crippen molar-refractivity contribution in [1.29, 1.82) is 0 Å². The van der Waals surface area contributed by atoms with Crippen molar-refractivity contribution in [3.05, 3.63) is 43.6 Å². The highest BCUT2D eigenvalue weighted by molar-refractivity contribution is 7.79. The van der Waals surface area contributed by atoms with Crippen molar-refractivity contribution in [2.75, 3.05) is 26.2 Å². The van der Waals surface area contributed by atoms with Crippen molar-refractivity contribution in [3.8, 4) is 5.75 Å². The summed E-state index contributed by atoms with van der Waals surface area (Å²) in [6, 6.07) is 5.87. The van der Waals surface area contributed by atoms with Gasteiger partial charge < -0.3 is 10.0 Å². The van der Waals surface area contributed by atoms with Crippen molar-refractivity contribution < 1.29 is 9.90 Å². The minimum Gasteiger partial charge on any atom is -0.508 e. The molecule has 1 aromatic heterocycles. The maximum atomic E-state index is 12.0. The van der Waals surface area contributed by atoms with Crippen LogP contribution < -0.4 is 0 Å². The first-order valence-electron chi connectivity index (χ1n) is 9.37. The van der Waals surface area contributed by atoms with Crippen LogP contribution in [0.15, 0.2) is 18.2 Å². The van der Waals surface area contributed by atoms with E-state index in [1.807, 2.05) is 17.9 Å². The Morgan fingerprint density at radius 1 is 1.22 bits per heavy atom. The third-order valence-electron chi connectivity index (χ3n) is 5.02. The van der Waals surface area contributed by atoms with E-state index in [0.717, 1.165) is 48.4 Å². The van der Waals surface area contributed by atoms with Gasteiger partial charge in [-0.3, -0.25) is 9.69 Å². The number of phenols is 1. The summed E-state index contributed by atoms with van der Waals surface area (Å²) < 4.78 is 0.972. The van der Waals surface area contributed by atoms with E-state index in [4.69, 9.17) is 12.2 Å². The molecule has 4 nitrogen and oxygen atoms in total. The van der Waals surface area contributed by atoms with Crippen molar-refractivity contribution in [2.45, 2.75) is 39.7 Å². The number of amides is 1. The average Bonchev–Trinajstić information content (AvgIpc) is 2.97. The van der Waals surface area contributed by atoms with Crippen molar-refractivity contribution in [2.24, 2.45) is 0 Å². The van der Waals surface area contributed by atoms with Gasteiger partial charge in [-0.2, -0.15) is 0 Å². The van der Waals surface area contributed by atoms with Crippen molar-refractivity contribution in [3.63, 3.8) is 0 Å². The number of piperazine rings is 1. The van der Waals surface area contributed by atoms with Gasteiger partial charge in [0.05, 0.1) is 0 Å². The molecule has 0 aliphatic carbocycles. The smallest absolute Gasteiger partial charge is 0.222 e. The predicted molar refractivity (Wildman–Crippen MR) is 115 cm³/mol. The second-order valence-corrected chi connectivity index (χ2v) is 10.1. The van der Waals surface area contributed by atoms with Gasteiger partial charge in [0.2, 0.25) is 5.91 Å². The van der Waals surface area contributed by atoms with Gasteiger partial charge in [-0.05, 0) is 30.5 Å². The molecule has 0 bridgehead atoms. The average molecular weight is 423 g/mol. The van der Waals surface area contributed by atoms with Crippen LogP contribution in [0.3, 0.4) is 0 Å². The molecular formula is C20H26N2O2S3. The molecule has 0 atom stereocenters. The molecule has 0 radical (unpaired) electrons. The highest BCUT2D eigenvalue weighted by atomic mass is 32.9. The third kappa shape index (κ3) is 5.16. The summed E-state index contributed by atoms with van der Waals surface area (Å²) >= 11 is 5.45. The predicted octanol–water partition coefficient (Wildman–Crippen LogP) is 4.59. The van der Waals surface area contributed by atoms with Crippen molar-refractivity contribution >= 4 is 38.8 Å². The summed E-state index contributed by atoms with van der Waals surface area (Å²) in [7, 11) is 3.40. The molecule has 146 valence electrons. The zero-order valence-corrected chi connectivity index (χ0v) is 18.3. The second-order valence-electron chi connectivity index (χ2n) is 7.04. The first kappa shape index (κ1) is 20.5. The van der Waals surface area contributed by atoms with Crippen LogP contribution >= 0.6 is 32.9 Å². The molecule has 3 rings (SSSR count). The summed E-state index contributed by atoms with van der Waals surface area (Å²) in [6.07, 6.45) is 2.35. The molecule has 1 aliphatic rings. The van der Waals surface area contributed by atoms with Gasteiger partial charge in [-0.25, -0.2) is 0 Å². The SMILES string of the molecule is CCCC(=O)N1CCN(Cc2cc(Cc3c(C)ssc3=S)ccc2O)CC1. The van der Waals surface area contributed by atoms with Crippen LogP contribution in [-0.4, -0.2) is 47.0 Å². The fourth-order valence-electron chi connectivity index (χ4n) is 3.39. The van der Waals surface area contributed by atoms with E-state index < -0.39 is 0 Å². The Labute approximate surface area is 173 Å². The molecule has 1 saturated heterocycles. The molecule has 1 fully saturated rings. The van der Waals surface area contributed by atoms with Gasteiger partial charge in [-0.15, -0.1) is 0 Å². The van der Waals surface area contributed by atoms with Crippen LogP contribution in [0.5, 0.6) is 5.75 Å². The Balaban J connectivity index is 1.64. The number of carbonyl (C=O) groups excluding carboxylic acids is 1. The zero-order chi connectivity index (χ0) is 19.4. The van der Waals surface area contributed by atoms with Gasteiger partial charge in [0, 0.05) is 56.0 Å². The molecule has 0 unspecified atom stereocenters. The van der Waals surface area contributed by atoms with E-state index in [1.165, 1.54) is 16.0 Å². The van der Waals surface area contributed by atoms with Gasteiger partial charge >= 0.3 is 0 Å². The Kier molecular flexibility index (Phi) is 7.03. The Morgan fingerprint density at radius 2 is 1.96 bits per heavy atom. The molecule has 0 saturated carbocycles. The van der Waals surface area contributed by atoms with E-state index in [-0.39, 0.29) is 5.91 Å². The summed E-state index contributed by atoms with van der Waals surface area (Å²) in [5.74, 6) is 0.598. The third-order valence-corrected chi connectivity index (χ3v) is 8.31. The number of phenolic OH excluding ortho intramolecular Hbond substituents is 1. The number of benzene rings is 1. The summed E-state index contributed by atoms with van der Waals surface area (Å²) in [5.41, 5.74) is 3.36. The minimum atomic E-state index is 0.258. The number of hydrogen-bond donors (Lipinski definition) is 1. The van der Waals surface area contributed by atoms with Gasteiger partial charge in [-0.1, -0.05) is 52.0 Å². The maximum absolute atomic E-state index is 12.0. The van der Waals surface area contributed by atoms with Crippen LogP contribution in [0.25, 0.3) is 0 Å². The molecule has 7 heteroatoms. The van der Waals surface area contributed by atoms with Gasteiger partial charge in [0.15, 0.2) is 0 Å². The van der Waals surface area contributed by atoms with Gasteiger partial charge in [0.25, 0.3) is 0 Å². The first-order valence-corrected chi connectivity index (χ1v) is 11.9. The molecule has 0 spiro atoms. The fourth-order valence-corrected chi connectivity index (χ4v) is 6.06. The van der Waals surface area contributed by atoms with Crippen molar-refractivity contribution in [1.82, 2.24) is 9.80 Å². The number of hydrogen-bond acceptors (Lipinski definition) is 6. The normalized spacial score (nSPS) is 15.3.